The smallest absolute Gasteiger partial charge is 0.230 e. The fourth-order valence-corrected chi connectivity index (χ4v) is 3.68. The molecule has 5 nitrogen and oxygen atoms in total. The van der Waals surface area contributed by atoms with Crippen LogP contribution in [0.4, 0.5) is 8.78 Å². The molecule has 146 valence electrons. The molecule has 1 aliphatic rings. The third-order valence-corrected chi connectivity index (χ3v) is 5.07. The van der Waals surface area contributed by atoms with Crippen molar-refractivity contribution in [2.45, 2.75) is 19.5 Å². The maximum Gasteiger partial charge on any atom is 0.230 e. The number of aromatic nitrogens is 2. The van der Waals surface area contributed by atoms with E-state index in [0.29, 0.717) is 18.3 Å². The maximum atomic E-state index is 13.4. The highest BCUT2D eigenvalue weighted by atomic mass is 19.1. The Balaban J connectivity index is 1.51. The molecule has 1 fully saturated rings. The Kier molecular flexibility index (Phi) is 5.45. The van der Waals surface area contributed by atoms with Crippen molar-refractivity contribution < 1.29 is 13.2 Å². The predicted molar refractivity (Wildman–Crippen MR) is 101 cm³/mol. The van der Waals surface area contributed by atoms with Gasteiger partial charge in [0.15, 0.2) is 0 Å². The van der Waals surface area contributed by atoms with E-state index in [0.717, 1.165) is 37.3 Å². The molecule has 7 heteroatoms. The minimum absolute atomic E-state index is 0.0472. The highest BCUT2D eigenvalue weighted by Gasteiger charge is 2.27. The van der Waals surface area contributed by atoms with Gasteiger partial charge in [-0.15, -0.1) is 10.2 Å². The molecule has 0 N–H and O–H groups in total. The quantitative estimate of drug-likeness (QED) is 0.673. The summed E-state index contributed by atoms with van der Waals surface area (Å²) in [5.74, 6) is 0.670. The summed E-state index contributed by atoms with van der Waals surface area (Å²) in [6, 6.07) is 13.1. The minimum atomic E-state index is -0.263. The van der Waals surface area contributed by atoms with E-state index in [9.17, 15) is 8.78 Å². The van der Waals surface area contributed by atoms with Crippen LogP contribution < -0.4 is 0 Å². The Morgan fingerprint density at radius 1 is 0.857 bits per heavy atom. The summed E-state index contributed by atoms with van der Waals surface area (Å²) in [4.78, 5) is 4.62. The van der Waals surface area contributed by atoms with E-state index in [2.05, 4.69) is 20.0 Å². The van der Waals surface area contributed by atoms with E-state index >= 15 is 0 Å². The second-order valence-corrected chi connectivity index (χ2v) is 7.03. The Hall–Kier alpha value is -2.64. The lowest BCUT2D eigenvalue weighted by Gasteiger charge is -2.39. The van der Waals surface area contributed by atoms with E-state index in [1.165, 1.54) is 24.3 Å². The van der Waals surface area contributed by atoms with Crippen LogP contribution in [0.3, 0.4) is 0 Å². The maximum absolute atomic E-state index is 13.4. The third-order valence-electron chi connectivity index (χ3n) is 5.07. The zero-order valence-corrected chi connectivity index (χ0v) is 15.7. The number of nitrogens with zero attached hydrogens (tertiary/aromatic N) is 4. The molecule has 0 unspecified atom stereocenters. The lowest BCUT2D eigenvalue weighted by atomic mass is 9.96. The van der Waals surface area contributed by atoms with E-state index in [1.54, 1.807) is 31.2 Å². The van der Waals surface area contributed by atoms with E-state index in [-0.39, 0.29) is 17.7 Å². The van der Waals surface area contributed by atoms with Gasteiger partial charge in [0.2, 0.25) is 11.8 Å². The van der Waals surface area contributed by atoms with Crippen molar-refractivity contribution in [2.24, 2.45) is 0 Å². The highest BCUT2D eigenvalue weighted by Crippen LogP contribution is 2.30. The van der Waals surface area contributed by atoms with Crippen LogP contribution in [0.1, 0.15) is 29.0 Å². The lowest BCUT2D eigenvalue weighted by Crippen LogP contribution is -2.47. The average Bonchev–Trinajstić information content (AvgIpc) is 3.11. The van der Waals surface area contributed by atoms with Crippen LogP contribution in [0.25, 0.3) is 0 Å². The number of hydrogen-bond donors (Lipinski definition) is 0. The largest absolute Gasteiger partial charge is 0.424 e. The van der Waals surface area contributed by atoms with Crippen molar-refractivity contribution in [3.8, 4) is 0 Å². The van der Waals surface area contributed by atoms with Crippen LogP contribution in [-0.2, 0) is 6.54 Å². The minimum Gasteiger partial charge on any atom is -0.424 e. The highest BCUT2D eigenvalue weighted by molar-refractivity contribution is 5.32. The number of aryl methyl sites for hydroxylation is 1. The van der Waals surface area contributed by atoms with Crippen LogP contribution in [0.2, 0.25) is 0 Å². The lowest BCUT2D eigenvalue weighted by molar-refractivity contribution is 0.0982. The topological polar surface area (TPSA) is 45.4 Å². The summed E-state index contributed by atoms with van der Waals surface area (Å²) in [5, 5.41) is 7.94. The van der Waals surface area contributed by atoms with Gasteiger partial charge in [0.1, 0.15) is 11.6 Å². The van der Waals surface area contributed by atoms with Crippen molar-refractivity contribution in [1.82, 2.24) is 20.0 Å². The number of halogens is 2. The summed E-state index contributed by atoms with van der Waals surface area (Å²) in [6.07, 6.45) is 0. The first-order chi connectivity index (χ1) is 13.6. The first kappa shape index (κ1) is 18.7. The van der Waals surface area contributed by atoms with Crippen LogP contribution in [0, 0.1) is 18.6 Å². The molecule has 0 amide bonds. The number of hydrogen-bond acceptors (Lipinski definition) is 5. The summed E-state index contributed by atoms with van der Waals surface area (Å²) in [5.41, 5.74) is 1.99. The molecule has 3 aromatic rings. The number of benzene rings is 2. The molecule has 2 aromatic carbocycles. The normalized spacial score (nSPS) is 16.0. The molecule has 1 saturated heterocycles. The molecule has 0 saturated carbocycles. The zero-order chi connectivity index (χ0) is 19.5. The standard InChI is InChI=1S/C21H22F2N4O/c1-15-24-25-20(28-15)14-26-10-12-27(13-11-26)21(16-2-6-18(22)7-3-16)17-4-8-19(23)9-5-17/h2-9,21H,10-14H2,1H3. The van der Waals surface area contributed by atoms with Gasteiger partial charge in [0.05, 0.1) is 12.6 Å². The second-order valence-electron chi connectivity index (χ2n) is 7.03. The van der Waals surface area contributed by atoms with Crippen molar-refractivity contribution in [3.05, 3.63) is 83.1 Å². The van der Waals surface area contributed by atoms with Gasteiger partial charge in [-0.1, -0.05) is 24.3 Å². The van der Waals surface area contributed by atoms with Gasteiger partial charge in [0.25, 0.3) is 0 Å². The molecular weight excluding hydrogens is 362 g/mol. The van der Waals surface area contributed by atoms with Crippen LogP contribution >= 0.6 is 0 Å². The molecule has 2 heterocycles. The van der Waals surface area contributed by atoms with E-state index < -0.39 is 0 Å². The summed E-state index contributed by atoms with van der Waals surface area (Å²) >= 11 is 0. The van der Waals surface area contributed by atoms with Crippen molar-refractivity contribution in [3.63, 3.8) is 0 Å². The van der Waals surface area contributed by atoms with Gasteiger partial charge in [-0.05, 0) is 35.4 Å². The van der Waals surface area contributed by atoms with Crippen LogP contribution in [0.5, 0.6) is 0 Å². The Labute approximate surface area is 162 Å². The van der Waals surface area contributed by atoms with E-state index in [4.69, 9.17) is 4.42 Å². The van der Waals surface area contributed by atoms with Gasteiger partial charge in [0, 0.05) is 33.1 Å². The molecule has 1 aliphatic heterocycles. The van der Waals surface area contributed by atoms with Gasteiger partial charge >= 0.3 is 0 Å². The summed E-state index contributed by atoms with van der Waals surface area (Å²) in [6.45, 7) is 5.76. The molecule has 0 spiro atoms. The molecule has 0 aliphatic carbocycles. The molecule has 0 bridgehead atoms. The first-order valence-electron chi connectivity index (χ1n) is 9.35. The molecule has 0 radical (unpaired) electrons. The molecular formula is C21H22F2N4O. The predicted octanol–water partition coefficient (Wildman–Crippen LogP) is 3.56. The van der Waals surface area contributed by atoms with Crippen molar-refractivity contribution >= 4 is 0 Å². The van der Waals surface area contributed by atoms with Gasteiger partial charge in [-0.2, -0.15) is 0 Å². The van der Waals surface area contributed by atoms with Crippen molar-refractivity contribution in [2.75, 3.05) is 26.2 Å². The molecule has 28 heavy (non-hydrogen) atoms. The Morgan fingerprint density at radius 3 is 1.86 bits per heavy atom. The summed E-state index contributed by atoms with van der Waals surface area (Å²) in [7, 11) is 0. The van der Waals surface area contributed by atoms with E-state index in [1.807, 2.05) is 0 Å². The fourth-order valence-electron chi connectivity index (χ4n) is 3.68. The van der Waals surface area contributed by atoms with Gasteiger partial charge < -0.3 is 4.42 Å². The Morgan fingerprint density at radius 2 is 1.39 bits per heavy atom. The van der Waals surface area contributed by atoms with Gasteiger partial charge in [-0.3, -0.25) is 9.80 Å². The summed E-state index contributed by atoms with van der Waals surface area (Å²) < 4.78 is 32.3. The van der Waals surface area contributed by atoms with Gasteiger partial charge in [-0.25, -0.2) is 8.78 Å². The van der Waals surface area contributed by atoms with Crippen LogP contribution in [-0.4, -0.2) is 46.2 Å². The Bertz CT molecular complexity index is 857. The fraction of sp³-hybridized carbons (Fsp3) is 0.333. The molecule has 4 rings (SSSR count). The SMILES string of the molecule is Cc1nnc(CN2CCN(C(c3ccc(F)cc3)c3ccc(F)cc3)CC2)o1. The monoisotopic (exact) mass is 384 g/mol. The third kappa shape index (κ3) is 4.26. The second kappa shape index (κ2) is 8.16. The molecule has 0 atom stereocenters. The number of rotatable bonds is 5. The van der Waals surface area contributed by atoms with Crippen molar-refractivity contribution in [1.29, 1.82) is 0 Å². The number of piperazine rings is 1. The molecule has 1 aromatic heterocycles. The van der Waals surface area contributed by atoms with Crippen LogP contribution in [0.15, 0.2) is 52.9 Å². The first-order valence-corrected chi connectivity index (χ1v) is 9.35. The zero-order valence-electron chi connectivity index (χ0n) is 15.7. The average molecular weight is 384 g/mol.